The van der Waals surface area contributed by atoms with Crippen LogP contribution in [-0.2, 0) is 4.74 Å². The Bertz CT molecular complexity index is 135. The molecule has 0 aromatic heterocycles. The third-order valence-electron chi connectivity index (χ3n) is 2.91. The van der Waals surface area contributed by atoms with Gasteiger partial charge in [0.15, 0.2) is 0 Å². The Labute approximate surface area is 81.0 Å². The van der Waals surface area contributed by atoms with Gasteiger partial charge in [0.1, 0.15) is 0 Å². The predicted octanol–water partition coefficient (Wildman–Crippen LogP) is 1.43. The Balaban J connectivity index is 2.39. The van der Waals surface area contributed by atoms with Crippen molar-refractivity contribution in [1.29, 1.82) is 0 Å². The lowest BCUT2D eigenvalue weighted by Gasteiger charge is -2.27. The summed E-state index contributed by atoms with van der Waals surface area (Å²) in [6, 6.07) is 0.336. The summed E-state index contributed by atoms with van der Waals surface area (Å²) in [5.41, 5.74) is 2.90. The lowest BCUT2D eigenvalue weighted by molar-refractivity contribution is 0.0589. The number of nitrogens with one attached hydrogen (secondary N) is 1. The van der Waals surface area contributed by atoms with Crippen LogP contribution in [0.5, 0.6) is 0 Å². The second kappa shape index (κ2) is 5.58. The summed E-state index contributed by atoms with van der Waals surface area (Å²) < 4.78 is 5.63. The fraction of sp³-hybridized carbons (Fsp3) is 1.00. The first-order valence-corrected chi connectivity index (χ1v) is 5.37. The van der Waals surface area contributed by atoms with Gasteiger partial charge in [0.05, 0.1) is 6.10 Å². The highest BCUT2D eigenvalue weighted by molar-refractivity contribution is 4.82. The Morgan fingerprint density at radius 1 is 1.62 bits per heavy atom. The van der Waals surface area contributed by atoms with Gasteiger partial charge in [0.25, 0.3) is 0 Å². The third kappa shape index (κ3) is 2.93. The lowest BCUT2D eigenvalue weighted by Crippen LogP contribution is -2.47. The molecule has 0 aliphatic carbocycles. The van der Waals surface area contributed by atoms with E-state index in [0.29, 0.717) is 18.1 Å². The molecule has 0 spiro atoms. The zero-order chi connectivity index (χ0) is 9.68. The molecule has 0 bridgehead atoms. The van der Waals surface area contributed by atoms with E-state index in [0.717, 1.165) is 13.0 Å². The molecule has 0 amide bonds. The van der Waals surface area contributed by atoms with Gasteiger partial charge in [-0.05, 0) is 25.2 Å². The van der Waals surface area contributed by atoms with Crippen molar-refractivity contribution in [2.45, 2.75) is 51.7 Å². The van der Waals surface area contributed by atoms with Gasteiger partial charge in [-0.25, -0.2) is 0 Å². The van der Waals surface area contributed by atoms with Crippen LogP contribution >= 0.6 is 0 Å². The fourth-order valence-electron chi connectivity index (χ4n) is 2.16. The zero-order valence-electron chi connectivity index (χ0n) is 8.75. The summed E-state index contributed by atoms with van der Waals surface area (Å²) >= 11 is 0. The second-order valence-corrected chi connectivity index (χ2v) is 4.01. The van der Waals surface area contributed by atoms with E-state index < -0.39 is 0 Å². The van der Waals surface area contributed by atoms with Gasteiger partial charge >= 0.3 is 0 Å². The summed E-state index contributed by atoms with van der Waals surface area (Å²) in [4.78, 5) is 0. The van der Waals surface area contributed by atoms with Crippen molar-refractivity contribution < 1.29 is 4.74 Å². The molecular weight excluding hydrogens is 164 g/mol. The van der Waals surface area contributed by atoms with Crippen LogP contribution < -0.4 is 11.3 Å². The topological polar surface area (TPSA) is 47.3 Å². The average Bonchev–Trinajstić information content (AvgIpc) is 2.59. The Morgan fingerprint density at radius 3 is 2.85 bits per heavy atom. The van der Waals surface area contributed by atoms with Gasteiger partial charge in [0, 0.05) is 12.6 Å². The fourth-order valence-corrected chi connectivity index (χ4v) is 2.16. The summed E-state index contributed by atoms with van der Waals surface area (Å²) in [5, 5.41) is 0. The maximum atomic E-state index is 5.63. The molecule has 1 rings (SSSR count). The van der Waals surface area contributed by atoms with Crippen LogP contribution in [0, 0.1) is 5.92 Å². The normalized spacial score (nSPS) is 27.5. The molecule has 0 saturated carbocycles. The van der Waals surface area contributed by atoms with Crippen LogP contribution in [0.3, 0.4) is 0 Å². The number of nitrogens with two attached hydrogens (primary N) is 1. The lowest BCUT2D eigenvalue weighted by atomic mass is 9.92. The minimum Gasteiger partial charge on any atom is -0.377 e. The molecular formula is C10H22N2O. The van der Waals surface area contributed by atoms with Crippen molar-refractivity contribution in [3.05, 3.63) is 0 Å². The summed E-state index contributed by atoms with van der Waals surface area (Å²) in [7, 11) is 0. The molecule has 3 nitrogen and oxygen atoms in total. The first-order chi connectivity index (χ1) is 6.29. The van der Waals surface area contributed by atoms with Gasteiger partial charge in [-0.3, -0.25) is 11.3 Å². The molecule has 1 heterocycles. The first kappa shape index (κ1) is 11.0. The van der Waals surface area contributed by atoms with Gasteiger partial charge < -0.3 is 4.74 Å². The average molecular weight is 186 g/mol. The van der Waals surface area contributed by atoms with Gasteiger partial charge in [-0.2, -0.15) is 0 Å². The predicted molar refractivity (Wildman–Crippen MR) is 54.2 cm³/mol. The zero-order valence-corrected chi connectivity index (χ0v) is 8.75. The van der Waals surface area contributed by atoms with Crippen molar-refractivity contribution in [2.24, 2.45) is 11.8 Å². The molecule has 3 unspecified atom stereocenters. The van der Waals surface area contributed by atoms with E-state index in [-0.39, 0.29) is 0 Å². The summed E-state index contributed by atoms with van der Waals surface area (Å²) in [6.07, 6.45) is 5.11. The first-order valence-electron chi connectivity index (χ1n) is 5.37. The molecule has 3 N–H and O–H groups in total. The van der Waals surface area contributed by atoms with Crippen molar-refractivity contribution in [3.8, 4) is 0 Å². The molecule has 13 heavy (non-hydrogen) atoms. The smallest absolute Gasteiger partial charge is 0.0744 e. The van der Waals surface area contributed by atoms with Crippen molar-refractivity contribution in [2.75, 3.05) is 6.61 Å². The van der Waals surface area contributed by atoms with E-state index in [2.05, 4.69) is 19.3 Å². The Hall–Kier alpha value is -0.120. The maximum Gasteiger partial charge on any atom is 0.0744 e. The quantitative estimate of drug-likeness (QED) is 0.504. The van der Waals surface area contributed by atoms with Crippen LogP contribution in [0.15, 0.2) is 0 Å². The molecule has 3 atom stereocenters. The molecule has 1 aliphatic rings. The highest BCUT2D eigenvalue weighted by atomic mass is 16.5. The summed E-state index contributed by atoms with van der Waals surface area (Å²) in [6.45, 7) is 5.36. The van der Waals surface area contributed by atoms with E-state index in [1.54, 1.807) is 0 Å². The highest BCUT2D eigenvalue weighted by Gasteiger charge is 2.28. The SMILES string of the molecule is CCCC(C)C(NN)C1CCCO1. The van der Waals surface area contributed by atoms with E-state index in [9.17, 15) is 0 Å². The summed E-state index contributed by atoms with van der Waals surface area (Å²) in [5.74, 6) is 6.16. The minimum absolute atomic E-state index is 0.336. The Kier molecular flexibility index (Phi) is 4.70. The largest absolute Gasteiger partial charge is 0.377 e. The molecule has 3 heteroatoms. The van der Waals surface area contributed by atoms with Crippen LogP contribution in [0.1, 0.15) is 39.5 Å². The van der Waals surface area contributed by atoms with Gasteiger partial charge in [0.2, 0.25) is 0 Å². The van der Waals surface area contributed by atoms with Crippen molar-refractivity contribution in [3.63, 3.8) is 0 Å². The third-order valence-corrected chi connectivity index (χ3v) is 2.91. The molecule has 1 fully saturated rings. The Morgan fingerprint density at radius 2 is 2.38 bits per heavy atom. The molecule has 0 aromatic rings. The molecule has 1 saturated heterocycles. The minimum atomic E-state index is 0.336. The molecule has 0 radical (unpaired) electrons. The maximum absolute atomic E-state index is 5.63. The number of hydrogen-bond acceptors (Lipinski definition) is 3. The van der Waals surface area contributed by atoms with E-state index >= 15 is 0 Å². The van der Waals surface area contributed by atoms with Crippen LogP contribution in [-0.4, -0.2) is 18.8 Å². The van der Waals surface area contributed by atoms with Crippen molar-refractivity contribution in [1.82, 2.24) is 5.43 Å². The van der Waals surface area contributed by atoms with E-state index in [1.165, 1.54) is 19.3 Å². The monoisotopic (exact) mass is 186 g/mol. The van der Waals surface area contributed by atoms with Gasteiger partial charge in [-0.1, -0.05) is 20.3 Å². The van der Waals surface area contributed by atoms with Crippen LogP contribution in [0.25, 0.3) is 0 Å². The molecule has 1 aliphatic heterocycles. The second-order valence-electron chi connectivity index (χ2n) is 4.01. The van der Waals surface area contributed by atoms with Crippen molar-refractivity contribution >= 4 is 0 Å². The number of hydrazine groups is 1. The van der Waals surface area contributed by atoms with E-state index in [4.69, 9.17) is 10.6 Å². The highest BCUT2D eigenvalue weighted by Crippen LogP contribution is 2.22. The standard InChI is InChI=1S/C10H22N2O/c1-3-5-8(2)10(12-11)9-6-4-7-13-9/h8-10,12H,3-7,11H2,1-2H3. The number of ether oxygens (including phenoxy) is 1. The van der Waals surface area contributed by atoms with Gasteiger partial charge in [-0.15, -0.1) is 0 Å². The van der Waals surface area contributed by atoms with E-state index in [1.807, 2.05) is 0 Å². The molecule has 78 valence electrons. The molecule has 0 aromatic carbocycles. The number of hydrogen-bond donors (Lipinski definition) is 2. The number of rotatable bonds is 5. The van der Waals surface area contributed by atoms with Crippen LogP contribution in [0.4, 0.5) is 0 Å². The van der Waals surface area contributed by atoms with Crippen LogP contribution in [0.2, 0.25) is 0 Å².